The minimum absolute atomic E-state index is 0.0400. The van der Waals surface area contributed by atoms with Crippen molar-refractivity contribution in [1.82, 2.24) is 14.7 Å². The van der Waals surface area contributed by atoms with Crippen LogP contribution in [-0.2, 0) is 11.3 Å². The van der Waals surface area contributed by atoms with E-state index in [1.165, 1.54) is 0 Å². The fourth-order valence-electron chi connectivity index (χ4n) is 3.49. The molecule has 6 nitrogen and oxygen atoms in total. The summed E-state index contributed by atoms with van der Waals surface area (Å²) in [5.41, 5.74) is 2.99. The number of nitrogens with zero attached hydrogens (tertiary/aromatic N) is 4. The maximum atomic E-state index is 12.9. The van der Waals surface area contributed by atoms with Gasteiger partial charge in [0.2, 0.25) is 5.91 Å². The van der Waals surface area contributed by atoms with Crippen LogP contribution in [0.4, 0.5) is 5.69 Å². The largest absolute Gasteiger partial charge is 0.337 e. The first-order chi connectivity index (χ1) is 14.0. The van der Waals surface area contributed by atoms with Gasteiger partial charge in [0.25, 0.3) is 5.91 Å². The van der Waals surface area contributed by atoms with E-state index in [1.807, 2.05) is 36.5 Å². The van der Waals surface area contributed by atoms with Gasteiger partial charge in [-0.3, -0.25) is 9.59 Å². The first kappa shape index (κ1) is 19.2. The summed E-state index contributed by atoms with van der Waals surface area (Å²) in [4.78, 5) is 28.3. The molecule has 1 aromatic heterocycles. The molecule has 0 aliphatic carbocycles. The summed E-state index contributed by atoms with van der Waals surface area (Å²) in [6, 6.07) is 14.9. The van der Waals surface area contributed by atoms with Gasteiger partial charge in [0.1, 0.15) is 0 Å². The molecule has 0 unspecified atom stereocenters. The third-order valence-corrected chi connectivity index (χ3v) is 5.30. The molecule has 0 spiro atoms. The van der Waals surface area contributed by atoms with E-state index in [1.54, 1.807) is 45.9 Å². The average molecular weight is 409 g/mol. The van der Waals surface area contributed by atoms with E-state index in [2.05, 4.69) is 5.10 Å². The highest BCUT2D eigenvalue weighted by atomic mass is 35.5. The smallest absolute Gasteiger partial charge is 0.253 e. The Morgan fingerprint density at radius 3 is 2.72 bits per heavy atom. The lowest BCUT2D eigenvalue weighted by Crippen LogP contribution is -2.27. The van der Waals surface area contributed by atoms with Gasteiger partial charge in [-0.1, -0.05) is 29.8 Å². The molecule has 7 heteroatoms. The van der Waals surface area contributed by atoms with Gasteiger partial charge in [0.05, 0.1) is 22.6 Å². The Morgan fingerprint density at radius 2 is 2.00 bits per heavy atom. The molecule has 2 aromatic carbocycles. The second-order valence-corrected chi connectivity index (χ2v) is 7.51. The van der Waals surface area contributed by atoms with Crippen molar-refractivity contribution in [1.29, 1.82) is 0 Å². The normalized spacial score (nSPS) is 13.7. The van der Waals surface area contributed by atoms with E-state index in [9.17, 15) is 9.59 Å². The zero-order valence-electron chi connectivity index (χ0n) is 16.1. The number of anilines is 1. The lowest BCUT2D eigenvalue weighted by atomic mass is 10.1. The molecule has 0 radical (unpaired) electrons. The maximum absolute atomic E-state index is 12.9. The van der Waals surface area contributed by atoms with Gasteiger partial charge < -0.3 is 9.80 Å². The van der Waals surface area contributed by atoms with Gasteiger partial charge in [-0.15, -0.1) is 0 Å². The second-order valence-electron chi connectivity index (χ2n) is 7.11. The average Bonchev–Trinajstić information content (AvgIpc) is 3.37. The van der Waals surface area contributed by atoms with E-state index < -0.39 is 0 Å². The van der Waals surface area contributed by atoms with E-state index in [-0.39, 0.29) is 11.8 Å². The summed E-state index contributed by atoms with van der Waals surface area (Å²) < 4.78 is 1.78. The summed E-state index contributed by atoms with van der Waals surface area (Å²) >= 11 is 6.29. The van der Waals surface area contributed by atoms with Gasteiger partial charge in [-0.25, -0.2) is 4.68 Å². The first-order valence-corrected chi connectivity index (χ1v) is 9.85. The first-order valence-electron chi connectivity index (χ1n) is 9.47. The quantitative estimate of drug-likeness (QED) is 0.642. The SMILES string of the molecule is CN(Cc1cnn(-c2ccccc2)c1)C(=O)c1ccc(Cl)c(N2CCCC2=O)c1. The topological polar surface area (TPSA) is 58.4 Å². The molecule has 29 heavy (non-hydrogen) atoms. The minimum atomic E-state index is -0.137. The predicted molar refractivity (Wildman–Crippen MR) is 112 cm³/mol. The van der Waals surface area contributed by atoms with Crippen molar-refractivity contribution in [3.63, 3.8) is 0 Å². The molecule has 1 aliphatic heterocycles. The number of halogens is 1. The molecule has 0 N–H and O–H groups in total. The monoisotopic (exact) mass is 408 g/mol. The highest BCUT2D eigenvalue weighted by molar-refractivity contribution is 6.34. The molecule has 0 saturated carbocycles. The second kappa shape index (κ2) is 8.09. The summed E-state index contributed by atoms with van der Waals surface area (Å²) in [5, 5.41) is 4.85. The van der Waals surface area contributed by atoms with Crippen LogP contribution in [0.2, 0.25) is 5.02 Å². The maximum Gasteiger partial charge on any atom is 0.253 e. The van der Waals surface area contributed by atoms with E-state index in [0.29, 0.717) is 35.8 Å². The molecule has 3 aromatic rings. The van der Waals surface area contributed by atoms with Crippen molar-refractivity contribution in [2.75, 3.05) is 18.5 Å². The molecule has 1 fully saturated rings. The van der Waals surface area contributed by atoms with Crippen LogP contribution in [0.25, 0.3) is 5.69 Å². The van der Waals surface area contributed by atoms with Crippen molar-refractivity contribution in [3.05, 3.63) is 77.1 Å². The fourth-order valence-corrected chi connectivity index (χ4v) is 3.70. The molecule has 148 valence electrons. The number of amides is 2. The van der Waals surface area contributed by atoms with E-state index in [4.69, 9.17) is 11.6 Å². The summed E-state index contributed by atoms with van der Waals surface area (Å²) in [7, 11) is 1.75. The number of benzene rings is 2. The number of hydrogen-bond donors (Lipinski definition) is 0. The van der Waals surface area contributed by atoms with Crippen molar-refractivity contribution in [2.24, 2.45) is 0 Å². The summed E-state index contributed by atoms with van der Waals surface area (Å²) in [6.45, 7) is 1.05. The number of hydrogen-bond acceptors (Lipinski definition) is 3. The predicted octanol–water partition coefficient (Wildman–Crippen LogP) is 3.92. The highest BCUT2D eigenvalue weighted by Crippen LogP contribution is 2.30. The van der Waals surface area contributed by atoms with Gasteiger partial charge in [0, 0.05) is 43.9 Å². The third-order valence-electron chi connectivity index (χ3n) is 4.98. The standard InChI is InChI=1S/C22H21ClN4O2/c1-25(14-16-13-24-27(15-16)18-6-3-2-4-7-18)22(29)17-9-10-19(23)20(12-17)26-11-5-8-21(26)28/h2-4,6-7,9-10,12-13,15H,5,8,11,14H2,1H3. The zero-order valence-corrected chi connectivity index (χ0v) is 16.8. The van der Waals surface area contributed by atoms with Crippen LogP contribution in [0.5, 0.6) is 0 Å². The van der Waals surface area contributed by atoms with E-state index in [0.717, 1.165) is 17.7 Å². The lowest BCUT2D eigenvalue weighted by molar-refractivity contribution is -0.117. The number of carbonyl (C=O) groups is 2. The van der Waals surface area contributed by atoms with Crippen molar-refractivity contribution in [2.45, 2.75) is 19.4 Å². The molecule has 0 bridgehead atoms. The molecule has 2 heterocycles. The lowest BCUT2D eigenvalue weighted by Gasteiger charge is -2.20. The van der Waals surface area contributed by atoms with Gasteiger partial charge in [-0.05, 0) is 36.8 Å². The highest BCUT2D eigenvalue weighted by Gasteiger charge is 2.25. The number of carbonyl (C=O) groups excluding carboxylic acids is 2. The zero-order chi connectivity index (χ0) is 20.4. The van der Waals surface area contributed by atoms with Crippen molar-refractivity contribution >= 4 is 29.1 Å². The summed E-state index contributed by atoms with van der Waals surface area (Å²) in [6.07, 6.45) is 4.99. The van der Waals surface area contributed by atoms with E-state index >= 15 is 0 Å². The molecule has 2 amide bonds. The molecule has 1 saturated heterocycles. The van der Waals surface area contributed by atoms with Gasteiger partial charge >= 0.3 is 0 Å². The molecule has 4 rings (SSSR count). The minimum Gasteiger partial charge on any atom is -0.337 e. The van der Waals surface area contributed by atoms with Crippen LogP contribution >= 0.6 is 11.6 Å². The van der Waals surface area contributed by atoms with Crippen LogP contribution in [-0.4, -0.2) is 40.1 Å². The van der Waals surface area contributed by atoms with Crippen molar-refractivity contribution < 1.29 is 9.59 Å². The Labute approximate surface area is 174 Å². The third kappa shape index (κ3) is 4.03. The molecule has 1 aliphatic rings. The fraction of sp³-hybridized carbons (Fsp3) is 0.227. The van der Waals surface area contributed by atoms with Crippen molar-refractivity contribution in [3.8, 4) is 5.69 Å². The van der Waals surface area contributed by atoms with Crippen LogP contribution in [0, 0.1) is 0 Å². The van der Waals surface area contributed by atoms with Crippen LogP contribution in [0.15, 0.2) is 60.9 Å². The van der Waals surface area contributed by atoms with Gasteiger partial charge in [0.15, 0.2) is 0 Å². The molecular formula is C22H21ClN4O2. The van der Waals surface area contributed by atoms with Crippen LogP contribution in [0.3, 0.4) is 0 Å². The number of rotatable bonds is 5. The molecule has 0 atom stereocenters. The summed E-state index contributed by atoms with van der Waals surface area (Å²) in [5.74, 6) is -0.0970. The van der Waals surface area contributed by atoms with Crippen LogP contribution in [0.1, 0.15) is 28.8 Å². The Kier molecular flexibility index (Phi) is 5.36. The van der Waals surface area contributed by atoms with Crippen LogP contribution < -0.4 is 4.90 Å². The number of para-hydroxylation sites is 1. The Bertz CT molecular complexity index is 1050. The Morgan fingerprint density at radius 1 is 1.21 bits per heavy atom. The van der Waals surface area contributed by atoms with Gasteiger partial charge in [-0.2, -0.15) is 5.10 Å². The Hall–Kier alpha value is -3.12. The number of aromatic nitrogens is 2. The Balaban J connectivity index is 1.50. The molecular weight excluding hydrogens is 388 g/mol.